The Morgan fingerprint density at radius 1 is 0.762 bits per heavy atom. The van der Waals surface area contributed by atoms with Gasteiger partial charge in [-0.3, -0.25) is 25.0 Å². The molecule has 0 fully saturated rings. The normalized spacial score (nSPS) is 9.50. The van der Waals surface area contributed by atoms with E-state index < -0.39 is 28.1 Å². The third-order valence-electron chi connectivity index (χ3n) is 5.18. The maximum atomic E-state index is 11.9. The average Bonchev–Trinajstić information content (AvgIpc) is 2.98. The fraction of sp³-hybridized carbons (Fsp3) is 0. The number of nitrogens with zero attached hydrogens (tertiary/aromatic N) is 2. The van der Waals surface area contributed by atoms with Crippen LogP contribution in [0.3, 0.4) is 0 Å². The van der Waals surface area contributed by atoms with Crippen LogP contribution in [0.5, 0.6) is 0 Å². The van der Waals surface area contributed by atoms with Gasteiger partial charge in [0.1, 0.15) is 0 Å². The number of carbonyl (C=O) groups is 2. The van der Waals surface area contributed by atoms with E-state index in [9.17, 15) is 34.5 Å². The molecular formula is C26H21B2ClN4O9. The number of nitro groups is 2. The van der Waals surface area contributed by atoms with Crippen molar-refractivity contribution in [2.24, 2.45) is 0 Å². The van der Waals surface area contributed by atoms with Gasteiger partial charge in [-0.1, -0.05) is 12.1 Å². The fourth-order valence-corrected chi connectivity index (χ4v) is 3.09. The Balaban J connectivity index is 0.000000246. The van der Waals surface area contributed by atoms with Gasteiger partial charge in [-0.05, 0) is 41.9 Å². The molecule has 0 aromatic heterocycles. The zero-order chi connectivity index (χ0) is 31.2. The summed E-state index contributed by atoms with van der Waals surface area (Å²) in [4.78, 5) is 42.1. The summed E-state index contributed by atoms with van der Waals surface area (Å²) in [6, 6.07) is 23.1. The van der Waals surface area contributed by atoms with Gasteiger partial charge in [-0.25, -0.2) is 0 Å². The van der Waals surface area contributed by atoms with Crippen molar-refractivity contribution >= 4 is 70.7 Å². The molecule has 0 aliphatic rings. The summed E-state index contributed by atoms with van der Waals surface area (Å²) in [7, 11) is -0.876. The van der Waals surface area contributed by atoms with Crippen molar-refractivity contribution < 1.29 is 34.2 Å². The van der Waals surface area contributed by atoms with E-state index in [1.54, 1.807) is 12.1 Å². The Hall–Kier alpha value is -5.24. The Bertz CT molecular complexity index is 1540. The molecule has 0 heterocycles. The first-order valence-electron chi connectivity index (χ1n) is 11.7. The summed E-state index contributed by atoms with van der Waals surface area (Å²) in [5, 5.41) is 40.6. The number of halogens is 1. The van der Waals surface area contributed by atoms with Crippen LogP contribution in [0.4, 0.5) is 22.7 Å². The van der Waals surface area contributed by atoms with Gasteiger partial charge in [-0.15, -0.1) is 0 Å². The minimum absolute atomic E-state index is 0.0608. The van der Waals surface area contributed by atoms with Gasteiger partial charge >= 0.3 is 75.9 Å². The van der Waals surface area contributed by atoms with Crippen LogP contribution in [0.2, 0.25) is 0 Å². The molecule has 5 N–H and O–H groups in total. The van der Waals surface area contributed by atoms with Crippen molar-refractivity contribution in [3.8, 4) is 0 Å². The number of hydrogen-bond acceptors (Lipinski definition) is 10. The number of anilines is 2. The number of amides is 1. The van der Waals surface area contributed by atoms with Crippen LogP contribution in [0, 0.1) is 20.2 Å². The van der Waals surface area contributed by atoms with Gasteiger partial charge in [0.15, 0.2) is 0 Å². The van der Waals surface area contributed by atoms with E-state index in [-0.39, 0.29) is 16.8 Å². The van der Waals surface area contributed by atoms with E-state index in [4.69, 9.17) is 27.4 Å². The molecule has 16 heteroatoms. The fourth-order valence-electron chi connectivity index (χ4n) is 2.97. The smallest absolute Gasteiger partial charge is 0.423 e. The van der Waals surface area contributed by atoms with Gasteiger partial charge in [0.2, 0.25) is 0 Å². The molecule has 0 saturated carbocycles. The molecule has 1 amide bonds. The summed E-state index contributed by atoms with van der Waals surface area (Å²) in [5.74, 6) is -0.400. The molecule has 212 valence electrons. The molecule has 0 aliphatic heterocycles. The summed E-state index contributed by atoms with van der Waals surface area (Å²) in [6.07, 6.45) is 0. The van der Waals surface area contributed by atoms with E-state index in [2.05, 4.69) is 5.32 Å². The maximum absolute atomic E-state index is 11.9. The average molecular weight is 591 g/mol. The van der Waals surface area contributed by atoms with Crippen LogP contribution >= 0.6 is 11.6 Å². The number of carbonyl (C=O) groups excluding carboxylic acids is 2. The summed E-state index contributed by atoms with van der Waals surface area (Å²) in [5.41, 5.74) is 7.81. The second-order valence-electron chi connectivity index (χ2n) is 8.12. The quantitative estimate of drug-likeness (QED) is 0.0810. The van der Waals surface area contributed by atoms with Crippen LogP contribution in [0.25, 0.3) is 0 Å². The number of benzene rings is 4. The monoisotopic (exact) mass is 590 g/mol. The van der Waals surface area contributed by atoms with Gasteiger partial charge in [0, 0.05) is 41.2 Å². The Kier molecular flexibility index (Phi) is 12.7. The minimum atomic E-state index is -1.59. The number of nitro benzene ring substituents is 2. The van der Waals surface area contributed by atoms with E-state index in [0.717, 1.165) is 0 Å². The maximum Gasteiger partial charge on any atom is 0.488 e. The molecule has 13 nitrogen and oxygen atoms in total. The number of nitrogens with two attached hydrogens (primary N) is 1. The van der Waals surface area contributed by atoms with Crippen LogP contribution in [-0.2, 0) is 4.70 Å². The van der Waals surface area contributed by atoms with Gasteiger partial charge in [0.25, 0.3) is 17.3 Å². The van der Waals surface area contributed by atoms with Crippen molar-refractivity contribution in [3.05, 3.63) is 128 Å². The zero-order valence-corrected chi connectivity index (χ0v) is 22.3. The van der Waals surface area contributed by atoms with Crippen LogP contribution in [-0.4, -0.2) is 45.3 Å². The molecule has 0 bridgehead atoms. The molecule has 4 rings (SSSR count). The Morgan fingerprint density at radius 3 is 1.62 bits per heavy atom. The number of nitrogen functional groups attached to an aromatic ring is 1. The molecule has 0 saturated heterocycles. The number of rotatable bonds is 7. The van der Waals surface area contributed by atoms with Gasteiger partial charge < -0.3 is 21.1 Å². The standard InChI is InChI=1S/C13H11BN2O5.C7H4BClO2.C6H6N2O2/c17-13(9-1-3-10(4-2-9)14(18)19)15-11-5-7-12(8-6-11)16(20)21;9-7(10)5-1-3-6(8-11)4-2-5;7-5-1-3-6(4-2-5)8(9)10/h1-8,18-19H,(H,15,17);1-4H;1-4H,7H2. The Labute approximate surface area is 244 Å². The molecule has 0 spiro atoms. The van der Waals surface area contributed by atoms with E-state index in [1.165, 1.54) is 84.9 Å². The van der Waals surface area contributed by atoms with Crippen molar-refractivity contribution in [2.45, 2.75) is 0 Å². The molecular weight excluding hydrogens is 569 g/mol. The summed E-state index contributed by atoms with van der Waals surface area (Å²) >= 11 is 5.17. The minimum Gasteiger partial charge on any atom is -0.423 e. The van der Waals surface area contributed by atoms with Crippen LogP contribution < -0.4 is 22.0 Å². The first-order valence-corrected chi connectivity index (χ1v) is 12.1. The molecule has 42 heavy (non-hydrogen) atoms. The number of hydrogen-bond donors (Lipinski definition) is 4. The zero-order valence-electron chi connectivity index (χ0n) is 21.5. The molecule has 0 radical (unpaired) electrons. The predicted molar refractivity (Wildman–Crippen MR) is 158 cm³/mol. The van der Waals surface area contributed by atoms with Crippen LogP contribution in [0.1, 0.15) is 20.7 Å². The molecule has 4 aromatic carbocycles. The molecule has 0 aliphatic carbocycles. The molecule has 0 unspecified atom stereocenters. The topological polar surface area (TPSA) is 216 Å². The Morgan fingerprint density at radius 2 is 1.21 bits per heavy atom. The van der Waals surface area contributed by atoms with Gasteiger partial charge in [0.05, 0.1) is 9.85 Å². The summed E-state index contributed by atoms with van der Waals surface area (Å²) in [6.45, 7) is 0. The summed E-state index contributed by atoms with van der Waals surface area (Å²) < 4.78 is 10.2. The SMILES string of the molecule is Nc1ccc([N+](=O)[O-])cc1.O=Bc1ccc(C(=O)Cl)cc1.O=C(Nc1ccc([N+](=O)[O-])cc1)c1ccc(B(O)O)cc1. The number of non-ortho nitro benzene ring substituents is 2. The molecule has 4 aromatic rings. The second kappa shape index (κ2) is 16.1. The van der Waals surface area contributed by atoms with Crippen LogP contribution in [0.15, 0.2) is 97.1 Å². The third kappa shape index (κ3) is 10.7. The largest absolute Gasteiger partial charge is 0.488 e. The van der Waals surface area contributed by atoms with Gasteiger partial charge in [-0.2, -0.15) is 0 Å². The first-order chi connectivity index (χ1) is 19.9. The molecule has 0 atom stereocenters. The van der Waals surface area contributed by atoms with Crippen molar-refractivity contribution in [2.75, 3.05) is 11.1 Å². The first kappa shape index (κ1) is 33.0. The number of nitrogens with one attached hydrogen (secondary N) is 1. The predicted octanol–water partition coefficient (Wildman–Crippen LogP) is 2.44. The van der Waals surface area contributed by atoms with E-state index in [1.807, 2.05) is 0 Å². The third-order valence-corrected chi connectivity index (χ3v) is 5.40. The van der Waals surface area contributed by atoms with Crippen molar-refractivity contribution in [1.82, 2.24) is 0 Å². The second-order valence-corrected chi connectivity index (χ2v) is 8.46. The van der Waals surface area contributed by atoms with Crippen molar-refractivity contribution in [3.63, 3.8) is 0 Å². The van der Waals surface area contributed by atoms with E-state index >= 15 is 0 Å². The van der Waals surface area contributed by atoms with E-state index in [0.29, 0.717) is 35.1 Å². The van der Waals surface area contributed by atoms with Crippen molar-refractivity contribution in [1.29, 1.82) is 0 Å².